The molecule has 0 radical (unpaired) electrons. The molecule has 0 aliphatic heterocycles. The minimum atomic E-state index is -3.64. The number of aliphatic carboxylic acids is 1. The Labute approximate surface area is 156 Å². The second-order valence-corrected chi connectivity index (χ2v) is 8.33. The van der Waals surface area contributed by atoms with E-state index in [0.717, 1.165) is 4.88 Å². The topological polar surface area (TPSA) is 113 Å². The van der Waals surface area contributed by atoms with E-state index in [1.54, 1.807) is 0 Å². The van der Waals surface area contributed by atoms with Crippen LogP contribution in [0.3, 0.4) is 0 Å². The normalized spacial score (nSPS) is 11.2. The van der Waals surface area contributed by atoms with E-state index in [1.165, 1.54) is 35.6 Å². The Kier molecular flexibility index (Phi) is 7.31. The summed E-state index contributed by atoms with van der Waals surface area (Å²) in [5.41, 5.74) is 0.348. The molecule has 9 heteroatoms. The minimum Gasteiger partial charge on any atom is -0.481 e. The first kappa shape index (κ1) is 20.1. The van der Waals surface area contributed by atoms with Crippen LogP contribution in [0, 0.1) is 0 Å². The lowest BCUT2D eigenvalue weighted by atomic mass is 10.2. The maximum absolute atomic E-state index is 12.3. The molecule has 26 heavy (non-hydrogen) atoms. The van der Waals surface area contributed by atoms with Crippen molar-refractivity contribution < 1.29 is 23.1 Å². The van der Waals surface area contributed by atoms with E-state index < -0.39 is 16.0 Å². The van der Waals surface area contributed by atoms with E-state index >= 15 is 0 Å². The van der Waals surface area contributed by atoms with Gasteiger partial charge in [-0.1, -0.05) is 6.07 Å². The van der Waals surface area contributed by atoms with Crippen molar-refractivity contribution in [1.82, 2.24) is 10.0 Å². The number of hydrogen-bond donors (Lipinski definition) is 3. The van der Waals surface area contributed by atoms with Gasteiger partial charge in [0.25, 0.3) is 5.91 Å². The van der Waals surface area contributed by atoms with Gasteiger partial charge in [0.1, 0.15) is 0 Å². The predicted molar refractivity (Wildman–Crippen MR) is 98.6 cm³/mol. The van der Waals surface area contributed by atoms with Crippen LogP contribution in [0.25, 0.3) is 0 Å². The average Bonchev–Trinajstić information content (AvgIpc) is 3.13. The minimum absolute atomic E-state index is 0.0703. The van der Waals surface area contributed by atoms with E-state index in [0.29, 0.717) is 24.9 Å². The SMILES string of the molecule is O=C(O)CCCCNC(=O)c1ccc(S(=O)(=O)NCc2cccs2)cc1. The number of unbranched alkanes of at least 4 members (excludes halogenated alkanes) is 1. The monoisotopic (exact) mass is 396 g/mol. The van der Waals surface area contributed by atoms with Gasteiger partial charge in [0, 0.05) is 30.0 Å². The summed E-state index contributed by atoms with van der Waals surface area (Å²) >= 11 is 1.47. The number of nitrogens with one attached hydrogen (secondary N) is 2. The zero-order valence-electron chi connectivity index (χ0n) is 14.0. The zero-order valence-corrected chi connectivity index (χ0v) is 15.6. The zero-order chi connectivity index (χ0) is 19.0. The molecule has 1 aromatic carbocycles. The van der Waals surface area contributed by atoms with Crippen LogP contribution in [0.4, 0.5) is 0 Å². The van der Waals surface area contributed by atoms with E-state index in [1.807, 2.05) is 17.5 Å². The van der Waals surface area contributed by atoms with E-state index in [9.17, 15) is 18.0 Å². The molecule has 7 nitrogen and oxygen atoms in total. The summed E-state index contributed by atoms with van der Waals surface area (Å²) in [4.78, 5) is 23.4. The predicted octanol–water partition coefficient (Wildman–Crippen LogP) is 2.21. The number of carbonyl (C=O) groups is 2. The van der Waals surface area contributed by atoms with Gasteiger partial charge in [-0.15, -0.1) is 11.3 Å². The highest BCUT2D eigenvalue weighted by Gasteiger charge is 2.15. The lowest BCUT2D eigenvalue weighted by molar-refractivity contribution is -0.137. The van der Waals surface area contributed by atoms with Crippen LogP contribution >= 0.6 is 11.3 Å². The number of carboxylic acids is 1. The van der Waals surface area contributed by atoms with Crippen molar-refractivity contribution in [3.63, 3.8) is 0 Å². The molecule has 0 spiro atoms. The molecule has 0 fully saturated rings. The first-order chi connectivity index (χ1) is 12.4. The summed E-state index contributed by atoms with van der Waals surface area (Å²) < 4.78 is 27.0. The first-order valence-corrected chi connectivity index (χ1v) is 10.4. The maximum Gasteiger partial charge on any atom is 0.303 e. The molecule has 1 amide bonds. The van der Waals surface area contributed by atoms with Crippen LogP contribution in [0.5, 0.6) is 0 Å². The highest BCUT2D eigenvalue weighted by Crippen LogP contribution is 2.13. The third-order valence-electron chi connectivity index (χ3n) is 3.55. The van der Waals surface area contributed by atoms with Crippen molar-refractivity contribution in [2.45, 2.75) is 30.7 Å². The molecule has 0 atom stereocenters. The Morgan fingerprint density at radius 2 is 1.81 bits per heavy atom. The molecule has 2 aromatic rings. The molecule has 0 bridgehead atoms. The summed E-state index contributed by atoms with van der Waals surface area (Å²) in [6.07, 6.45) is 1.13. The molecule has 0 saturated heterocycles. The Morgan fingerprint density at radius 1 is 1.08 bits per heavy atom. The second kappa shape index (κ2) is 9.46. The van der Waals surface area contributed by atoms with Gasteiger partial charge in [-0.25, -0.2) is 13.1 Å². The lowest BCUT2D eigenvalue weighted by Crippen LogP contribution is -2.25. The highest BCUT2D eigenvalue weighted by atomic mass is 32.2. The molecule has 2 rings (SSSR count). The number of sulfonamides is 1. The number of benzene rings is 1. The van der Waals surface area contributed by atoms with Crippen LogP contribution in [0.15, 0.2) is 46.7 Å². The number of carboxylic acid groups (broad SMARTS) is 1. The summed E-state index contributed by atoms with van der Waals surface area (Å²) in [7, 11) is -3.64. The standard InChI is InChI=1S/C17H20N2O5S2/c20-16(21)5-1-2-10-18-17(22)13-6-8-15(9-7-13)26(23,24)19-12-14-4-3-11-25-14/h3-4,6-9,11,19H,1-2,5,10,12H2,(H,18,22)(H,20,21). The second-order valence-electron chi connectivity index (χ2n) is 5.54. The molecule has 0 saturated carbocycles. The van der Waals surface area contributed by atoms with Crippen LogP contribution in [0.2, 0.25) is 0 Å². The van der Waals surface area contributed by atoms with Crippen LogP contribution < -0.4 is 10.0 Å². The van der Waals surface area contributed by atoms with Gasteiger partial charge in [0.15, 0.2) is 0 Å². The van der Waals surface area contributed by atoms with Crippen molar-refractivity contribution in [3.8, 4) is 0 Å². The van der Waals surface area contributed by atoms with Gasteiger partial charge < -0.3 is 10.4 Å². The third-order valence-corrected chi connectivity index (χ3v) is 5.84. The molecule has 0 aliphatic rings. The van der Waals surface area contributed by atoms with Crippen LogP contribution in [-0.2, 0) is 21.4 Å². The van der Waals surface area contributed by atoms with Crippen molar-refractivity contribution in [3.05, 3.63) is 52.2 Å². The number of amides is 1. The first-order valence-electron chi connectivity index (χ1n) is 8.00. The Morgan fingerprint density at radius 3 is 2.42 bits per heavy atom. The van der Waals surface area contributed by atoms with Gasteiger partial charge in [-0.3, -0.25) is 9.59 Å². The van der Waals surface area contributed by atoms with Gasteiger partial charge in [0.05, 0.1) is 4.90 Å². The molecule has 1 aromatic heterocycles. The summed E-state index contributed by atoms with van der Waals surface area (Å²) in [6, 6.07) is 9.37. The fourth-order valence-corrected chi connectivity index (χ4v) is 3.90. The molecular weight excluding hydrogens is 376 g/mol. The molecule has 1 heterocycles. The van der Waals surface area contributed by atoms with Gasteiger partial charge in [-0.05, 0) is 48.6 Å². The summed E-state index contributed by atoms with van der Waals surface area (Å²) in [6.45, 7) is 0.590. The third kappa shape index (κ3) is 6.25. The van der Waals surface area contributed by atoms with Crippen molar-refractivity contribution >= 4 is 33.2 Å². The maximum atomic E-state index is 12.3. The number of hydrogen-bond acceptors (Lipinski definition) is 5. The summed E-state index contributed by atoms with van der Waals surface area (Å²) in [5, 5.41) is 13.1. The fraction of sp³-hybridized carbons (Fsp3) is 0.294. The van der Waals surface area contributed by atoms with Crippen molar-refractivity contribution in [1.29, 1.82) is 0 Å². The molecule has 140 valence electrons. The molecular formula is C17H20N2O5S2. The number of carbonyl (C=O) groups excluding carboxylic acids is 1. The van der Waals surface area contributed by atoms with Crippen LogP contribution in [-0.4, -0.2) is 31.9 Å². The van der Waals surface area contributed by atoms with E-state index in [4.69, 9.17) is 5.11 Å². The lowest BCUT2D eigenvalue weighted by Gasteiger charge is -2.08. The van der Waals surface area contributed by atoms with E-state index in [-0.39, 0.29) is 23.8 Å². The highest BCUT2D eigenvalue weighted by molar-refractivity contribution is 7.89. The van der Waals surface area contributed by atoms with Crippen LogP contribution in [0.1, 0.15) is 34.5 Å². The van der Waals surface area contributed by atoms with Crippen molar-refractivity contribution in [2.75, 3.05) is 6.54 Å². The Hall–Kier alpha value is -2.23. The van der Waals surface area contributed by atoms with Gasteiger partial charge >= 0.3 is 5.97 Å². The van der Waals surface area contributed by atoms with Gasteiger partial charge in [0.2, 0.25) is 10.0 Å². The summed E-state index contributed by atoms with van der Waals surface area (Å²) in [5.74, 6) is -1.18. The largest absolute Gasteiger partial charge is 0.481 e. The average molecular weight is 396 g/mol. The van der Waals surface area contributed by atoms with Crippen molar-refractivity contribution in [2.24, 2.45) is 0 Å². The molecule has 3 N–H and O–H groups in total. The van der Waals surface area contributed by atoms with Gasteiger partial charge in [-0.2, -0.15) is 0 Å². The van der Waals surface area contributed by atoms with E-state index in [2.05, 4.69) is 10.0 Å². The Balaban J connectivity index is 1.86. The number of rotatable bonds is 10. The molecule has 0 aliphatic carbocycles. The molecule has 0 unspecified atom stereocenters. The Bertz CT molecular complexity index is 831. The quantitative estimate of drug-likeness (QED) is 0.533. The smallest absolute Gasteiger partial charge is 0.303 e. The fourth-order valence-electron chi connectivity index (χ4n) is 2.15. The number of thiophene rings is 1.